The summed E-state index contributed by atoms with van der Waals surface area (Å²) >= 11 is 0. The fourth-order valence-electron chi connectivity index (χ4n) is 7.92. The average Bonchev–Trinajstić information content (AvgIpc) is 3.81. The lowest BCUT2D eigenvalue weighted by atomic mass is 9.87. The SMILES string of the molecule is C1=CC2c3ccccc3OC2C=C1c1ccc(N(c2ccc(-c3ccc(-c4ccccc4)cc3)cc2)c2ccc3c(c2)C3c2ccccc2)cc1. The van der Waals surface area contributed by atoms with Crippen molar-refractivity contribution in [3.05, 3.63) is 222 Å². The van der Waals surface area contributed by atoms with Gasteiger partial charge in [-0.2, -0.15) is 0 Å². The lowest BCUT2D eigenvalue weighted by Crippen LogP contribution is -2.17. The molecule has 0 saturated carbocycles. The van der Waals surface area contributed by atoms with Gasteiger partial charge in [0.25, 0.3) is 0 Å². The van der Waals surface area contributed by atoms with Gasteiger partial charge in [0.15, 0.2) is 0 Å². The van der Waals surface area contributed by atoms with E-state index in [1.807, 2.05) is 6.07 Å². The number of hydrogen-bond acceptors (Lipinski definition) is 2. The predicted molar refractivity (Wildman–Crippen MR) is 210 cm³/mol. The van der Waals surface area contributed by atoms with Crippen molar-refractivity contribution in [3.63, 3.8) is 0 Å². The number of hydrogen-bond donors (Lipinski definition) is 0. The maximum Gasteiger partial charge on any atom is 0.128 e. The van der Waals surface area contributed by atoms with Gasteiger partial charge in [0.2, 0.25) is 0 Å². The zero-order chi connectivity index (χ0) is 33.7. The minimum atomic E-state index is 0.0303. The molecule has 7 aromatic rings. The van der Waals surface area contributed by atoms with Crippen LogP contribution < -0.4 is 9.64 Å². The van der Waals surface area contributed by atoms with Crippen LogP contribution in [0.1, 0.15) is 39.7 Å². The normalized spacial score (nSPS) is 17.8. The highest BCUT2D eigenvalue weighted by Gasteiger charge is 2.35. The summed E-state index contributed by atoms with van der Waals surface area (Å²) in [6.45, 7) is 0. The molecule has 3 atom stereocenters. The third-order valence-corrected chi connectivity index (χ3v) is 10.6. The Hall–Kier alpha value is -6.38. The third kappa shape index (κ3) is 5.37. The van der Waals surface area contributed by atoms with Gasteiger partial charge in [-0.15, -0.1) is 0 Å². The Bertz CT molecular complexity index is 2430. The van der Waals surface area contributed by atoms with Crippen LogP contribution in [-0.2, 0) is 0 Å². The van der Waals surface area contributed by atoms with Crippen molar-refractivity contribution in [3.8, 4) is 28.0 Å². The molecular formula is C49H35NO. The lowest BCUT2D eigenvalue weighted by molar-refractivity contribution is 0.269. The molecule has 0 fully saturated rings. The largest absolute Gasteiger partial charge is 0.485 e. The van der Waals surface area contributed by atoms with Crippen LogP contribution in [0.25, 0.3) is 27.8 Å². The van der Waals surface area contributed by atoms with Gasteiger partial charge in [0.1, 0.15) is 11.9 Å². The van der Waals surface area contributed by atoms with Gasteiger partial charge < -0.3 is 9.64 Å². The van der Waals surface area contributed by atoms with Gasteiger partial charge in [0, 0.05) is 34.5 Å². The number of allylic oxidation sites excluding steroid dienone is 2. The average molecular weight is 654 g/mol. The van der Waals surface area contributed by atoms with E-state index in [1.54, 1.807) is 0 Å². The fraction of sp³-hybridized carbons (Fsp3) is 0.0612. The summed E-state index contributed by atoms with van der Waals surface area (Å²) in [6, 6.07) is 63.5. The van der Waals surface area contributed by atoms with Gasteiger partial charge in [-0.1, -0.05) is 146 Å². The molecule has 1 aliphatic heterocycles. The van der Waals surface area contributed by atoms with E-state index in [1.165, 1.54) is 55.6 Å². The maximum absolute atomic E-state index is 6.33. The molecule has 0 amide bonds. The van der Waals surface area contributed by atoms with Crippen LogP contribution >= 0.6 is 0 Å². The second-order valence-electron chi connectivity index (χ2n) is 13.7. The van der Waals surface area contributed by atoms with Gasteiger partial charge >= 0.3 is 0 Å². The fourth-order valence-corrected chi connectivity index (χ4v) is 7.92. The van der Waals surface area contributed by atoms with Crippen molar-refractivity contribution < 1.29 is 4.74 Å². The molecule has 2 heteroatoms. The highest BCUT2D eigenvalue weighted by Crippen LogP contribution is 2.51. The molecule has 2 nitrogen and oxygen atoms in total. The highest BCUT2D eigenvalue weighted by atomic mass is 16.5. The van der Waals surface area contributed by atoms with Crippen molar-refractivity contribution in [2.45, 2.75) is 17.9 Å². The zero-order valence-electron chi connectivity index (χ0n) is 28.1. The molecule has 10 rings (SSSR count). The van der Waals surface area contributed by atoms with E-state index in [9.17, 15) is 0 Å². The van der Waals surface area contributed by atoms with Crippen molar-refractivity contribution in [1.82, 2.24) is 0 Å². The molecule has 0 aromatic heterocycles. The van der Waals surface area contributed by atoms with Crippen LogP contribution in [0, 0.1) is 0 Å². The first kappa shape index (κ1) is 29.5. The van der Waals surface area contributed by atoms with Crippen LogP contribution in [0.2, 0.25) is 0 Å². The Balaban J connectivity index is 0.967. The smallest absolute Gasteiger partial charge is 0.128 e. The molecule has 0 radical (unpaired) electrons. The zero-order valence-corrected chi connectivity index (χ0v) is 28.1. The molecule has 242 valence electrons. The molecule has 3 unspecified atom stereocenters. The van der Waals surface area contributed by atoms with Gasteiger partial charge in [-0.3, -0.25) is 0 Å². The van der Waals surface area contributed by atoms with E-state index < -0.39 is 0 Å². The minimum Gasteiger partial charge on any atom is -0.485 e. The van der Waals surface area contributed by atoms with E-state index in [4.69, 9.17) is 4.74 Å². The van der Waals surface area contributed by atoms with Crippen LogP contribution in [0.5, 0.6) is 5.75 Å². The topological polar surface area (TPSA) is 12.5 Å². The first-order chi connectivity index (χ1) is 25.3. The minimum absolute atomic E-state index is 0.0303. The van der Waals surface area contributed by atoms with E-state index in [0.717, 1.165) is 22.8 Å². The summed E-state index contributed by atoms with van der Waals surface area (Å²) in [5.74, 6) is 1.65. The number of ether oxygens (including phenoxy) is 1. The molecule has 2 aliphatic carbocycles. The molecular weight excluding hydrogens is 619 g/mol. The quantitative estimate of drug-likeness (QED) is 0.170. The number of benzene rings is 7. The predicted octanol–water partition coefficient (Wildman–Crippen LogP) is 12.5. The number of anilines is 3. The second kappa shape index (κ2) is 12.2. The number of rotatable bonds is 7. The van der Waals surface area contributed by atoms with Crippen LogP contribution in [0.15, 0.2) is 194 Å². The maximum atomic E-state index is 6.33. The van der Waals surface area contributed by atoms with E-state index >= 15 is 0 Å². The van der Waals surface area contributed by atoms with Gasteiger partial charge in [0.05, 0.1) is 0 Å². The molecule has 0 bridgehead atoms. The second-order valence-corrected chi connectivity index (χ2v) is 13.7. The molecule has 7 aromatic carbocycles. The standard InChI is InChI=1S/C49H35NO/c1-3-9-33(10-4-1)34-15-17-35(18-16-34)36-19-24-40(25-20-36)50(42-28-30-45-46(32-42)49(45)38-11-5-2-6-12-38)41-26-21-37(22-27-41)39-23-29-44-43-13-7-8-14-47(43)51-48(44)31-39/h1-32,44,48-49H. The summed E-state index contributed by atoms with van der Waals surface area (Å²) in [7, 11) is 0. The van der Waals surface area contributed by atoms with E-state index in [0.29, 0.717) is 5.92 Å². The van der Waals surface area contributed by atoms with E-state index in [-0.39, 0.29) is 12.0 Å². The summed E-state index contributed by atoms with van der Waals surface area (Å²) in [4.78, 5) is 2.38. The molecule has 0 N–H and O–H groups in total. The first-order valence-corrected chi connectivity index (χ1v) is 17.8. The van der Waals surface area contributed by atoms with Gasteiger partial charge in [-0.25, -0.2) is 0 Å². The lowest BCUT2D eigenvalue weighted by Gasteiger charge is -2.26. The van der Waals surface area contributed by atoms with E-state index in [2.05, 4.69) is 193 Å². The van der Waals surface area contributed by atoms with Crippen LogP contribution in [0.3, 0.4) is 0 Å². The summed E-state index contributed by atoms with van der Waals surface area (Å²) in [5.41, 5.74) is 16.1. The number of para-hydroxylation sites is 1. The number of fused-ring (bicyclic) bond motifs is 4. The summed E-state index contributed by atoms with van der Waals surface area (Å²) < 4.78 is 6.33. The van der Waals surface area contributed by atoms with Crippen molar-refractivity contribution >= 4 is 22.6 Å². The van der Waals surface area contributed by atoms with Crippen LogP contribution in [0.4, 0.5) is 17.1 Å². The summed E-state index contributed by atoms with van der Waals surface area (Å²) in [5, 5.41) is 0. The Morgan fingerprint density at radius 3 is 1.67 bits per heavy atom. The Labute approximate surface area is 299 Å². The summed E-state index contributed by atoms with van der Waals surface area (Å²) in [6.07, 6.45) is 6.86. The monoisotopic (exact) mass is 653 g/mol. The molecule has 3 aliphatic rings. The van der Waals surface area contributed by atoms with Crippen molar-refractivity contribution in [2.75, 3.05) is 4.90 Å². The van der Waals surface area contributed by atoms with Crippen molar-refractivity contribution in [2.24, 2.45) is 0 Å². The van der Waals surface area contributed by atoms with Gasteiger partial charge in [-0.05, 0) is 98.6 Å². The molecule has 51 heavy (non-hydrogen) atoms. The third-order valence-electron chi connectivity index (χ3n) is 10.6. The Morgan fingerprint density at radius 1 is 0.431 bits per heavy atom. The first-order valence-electron chi connectivity index (χ1n) is 17.8. The Morgan fingerprint density at radius 2 is 0.980 bits per heavy atom. The molecule has 0 saturated heterocycles. The molecule has 1 heterocycles. The number of nitrogens with zero attached hydrogens (tertiary/aromatic N) is 1. The van der Waals surface area contributed by atoms with Crippen molar-refractivity contribution in [1.29, 1.82) is 0 Å². The van der Waals surface area contributed by atoms with Crippen LogP contribution in [-0.4, -0.2) is 6.10 Å². The molecule has 0 spiro atoms. The highest BCUT2D eigenvalue weighted by molar-refractivity contribution is 5.83. The Kier molecular flexibility index (Phi) is 7.06.